The minimum absolute atomic E-state index is 0.143. The number of nitrogens with one attached hydrogen (secondary N) is 1. The molecule has 0 bridgehead atoms. The van der Waals surface area contributed by atoms with Gasteiger partial charge in [-0.25, -0.2) is 8.42 Å². The van der Waals surface area contributed by atoms with E-state index in [1.165, 1.54) is 0 Å². The fourth-order valence-corrected chi connectivity index (χ4v) is 4.27. The summed E-state index contributed by atoms with van der Waals surface area (Å²) in [4.78, 5) is 0. The fourth-order valence-electron chi connectivity index (χ4n) is 2.31. The van der Waals surface area contributed by atoms with Gasteiger partial charge in [0.2, 0.25) is 10.0 Å². The van der Waals surface area contributed by atoms with Gasteiger partial charge in [-0.05, 0) is 31.0 Å². The average Bonchev–Trinajstić information content (AvgIpc) is 2.94. The number of halogens is 1. The maximum Gasteiger partial charge on any atom is 0.235 e. The van der Waals surface area contributed by atoms with Crippen molar-refractivity contribution < 1.29 is 13.6 Å². The Labute approximate surface area is 126 Å². The Morgan fingerprint density at radius 2 is 2.05 bits per heavy atom. The molecule has 0 aliphatic heterocycles. The Kier molecular flexibility index (Phi) is 4.54. The Balaban J connectivity index is 2.33. The summed E-state index contributed by atoms with van der Waals surface area (Å²) in [6.07, 6.45) is 3.20. The van der Waals surface area contributed by atoms with Crippen molar-refractivity contribution in [3.05, 3.63) is 28.2 Å². The summed E-state index contributed by atoms with van der Waals surface area (Å²) >= 11 is 3.27. The van der Waals surface area contributed by atoms with Crippen molar-refractivity contribution in [3.8, 4) is 0 Å². The number of amidine groups is 1. The number of nitrogens with zero attached hydrogens (tertiary/aromatic N) is 1. The molecule has 1 aromatic rings. The van der Waals surface area contributed by atoms with Crippen molar-refractivity contribution in [2.75, 3.05) is 4.72 Å². The van der Waals surface area contributed by atoms with E-state index in [0.717, 1.165) is 12.8 Å². The smallest absolute Gasteiger partial charge is 0.235 e. The standard InChI is InChI=1S/C12H16BrN3O3S/c13-8-5-6-11(10(7-8)12(14)15-17)16-20(18,19)9-3-1-2-4-9/h5-7,9,16-17H,1-4H2,(H2,14,15). The van der Waals surface area contributed by atoms with Crippen LogP contribution < -0.4 is 10.5 Å². The van der Waals surface area contributed by atoms with Crippen LogP contribution in [0.25, 0.3) is 0 Å². The summed E-state index contributed by atoms with van der Waals surface area (Å²) in [5.41, 5.74) is 6.23. The second-order valence-corrected chi connectivity index (χ2v) is 7.61. The molecule has 6 nitrogen and oxygen atoms in total. The molecule has 0 atom stereocenters. The van der Waals surface area contributed by atoms with Crippen LogP contribution in [0.15, 0.2) is 27.8 Å². The molecule has 1 fully saturated rings. The molecular formula is C12H16BrN3O3S. The summed E-state index contributed by atoms with van der Waals surface area (Å²) < 4.78 is 27.8. The number of rotatable bonds is 4. The number of hydrogen-bond acceptors (Lipinski definition) is 4. The van der Waals surface area contributed by atoms with Crippen LogP contribution in [0, 0.1) is 0 Å². The van der Waals surface area contributed by atoms with E-state index in [0.29, 0.717) is 28.6 Å². The Hall–Kier alpha value is -1.28. The van der Waals surface area contributed by atoms with E-state index in [2.05, 4.69) is 25.8 Å². The third-order valence-corrected chi connectivity index (χ3v) is 5.71. The molecule has 0 saturated heterocycles. The topological polar surface area (TPSA) is 105 Å². The van der Waals surface area contributed by atoms with Crippen LogP contribution in [0.2, 0.25) is 0 Å². The van der Waals surface area contributed by atoms with Gasteiger partial charge in [0.15, 0.2) is 5.84 Å². The summed E-state index contributed by atoms with van der Waals surface area (Å²) in [5.74, 6) is -0.143. The molecule has 1 saturated carbocycles. The van der Waals surface area contributed by atoms with Crippen LogP contribution in [0.1, 0.15) is 31.2 Å². The van der Waals surface area contributed by atoms with Gasteiger partial charge in [0.1, 0.15) is 0 Å². The van der Waals surface area contributed by atoms with Gasteiger partial charge < -0.3 is 10.9 Å². The molecule has 0 heterocycles. The van der Waals surface area contributed by atoms with Crippen LogP contribution >= 0.6 is 15.9 Å². The highest BCUT2D eigenvalue weighted by molar-refractivity contribution is 9.10. The number of sulfonamides is 1. The molecule has 1 aliphatic carbocycles. The molecule has 0 amide bonds. The first-order valence-corrected chi connectivity index (χ1v) is 8.57. The largest absolute Gasteiger partial charge is 0.409 e. The number of anilines is 1. The Morgan fingerprint density at radius 1 is 1.40 bits per heavy atom. The first-order valence-electron chi connectivity index (χ1n) is 6.23. The number of hydrogen-bond donors (Lipinski definition) is 3. The average molecular weight is 362 g/mol. The molecule has 110 valence electrons. The van der Waals surface area contributed by atoms with E-state index in [4.69, 9.17) is 10.9 Å². The SMILES string of the molecule is N/C(=N/O)c1cc(Br)ccc1NS(=O)(=O)C1CCCC1. The first-order chi connectivity index (χ1) is 9.44. The quantitative estimate of drug-likeness (QED) is 0.331. The van der Waals surface area contributed by atoms with Crippen molar-refractivity contribution in [2.24, 2.45) is 10.9 Å². The molecule has 1 aromatic carbocycles. The highest BCUT2D eigenvalue weighted by Gasteiger charge is 2.29. The van der Waals surface area contributed by atoms with Gasteiger partial charge in [-0.1, -0.05) is 33.9 Å². The Morgan fingerprint density at radius 3 is 2.65 bits per heavy atom. The monoisotopic (exact) mass is 361 g/mol. The van der Waals surface area contributed by atoms with Gasteiger partial charge in [-0.15, -0.1) is 0 Å². The van der Waals surface area contributed by atoms with Crippen LogP contribution in [0.3, 0.4) is 0 Å². The third kappa shape index (κ3) is 3.24. The number of benzene rings is 1. The summed E-state index contributed by atoms with van der Waals surface area (Å²) in [7, 11) is -3.45. The van der Waals surface area contributed by atoms with Crippen LogP contribution in [-0.2, 0) is 10.0 Å². The highest BCUT2D eigenvalue weighted by atomic mass is 79.9. The van der Waals surface area contributed by atoms with Crippen molar-refractivity contribution in [1.29, 1.82) is 0 Å². The van der Waals surface area contributed by atoms with Crippen molar-refractivity contribution in [2.45, 2.75) is 30.9 Å². The van der Waals surface area contributed by atoms with Crippen molar-refractivity contribution in [3.63, 3.8) is 0 Å². The zero-order valence-electron chi connectivity index (χ0n) is 10.7. The second-order valence-electron chi connectivity index (χ2n) is 4.73. The van der Waals surface area contributed by atoms with Crippen molar-refractivity contribution >= 4 is 37.5 Å². The number of oxime groups is 1. The van der Waals surface area contributed by atoms with Crippen LogP contribution in [-0.4, -0.2) is 24.7 Å². The predicted octanol–water partition coefficient (Wildman–Crippen LogP) is 2.23. The molecule has 0 radical (unpaired) electrons. The predicted molar refractivity (Wildman–Crippen MR) is 81.5 cm³/mol. The van der Waals surface area contributed by atoms with E-state index in [1.54, 1.807) is 18.2 Å². The molecule has 0 aromatic heterocycles. The number of nitrogens with two attached hydrogens (primary N) is 1. The first kappa shape index (κ1) is 15.1. The van der Waals surface area contributed by atoms with E-state index >= 15 is 0 Å². The minimum Gasteiger partial charge on any atom is -0.409 e. The lowest BCUT2D eigenvalue weighted by atomic mass is 10.2. The van der Waals surface area contributed by atoms with E-state index in [-0.39, 0.29) is 11.1 Å². The van der Waals surface area contributed by atoms with Crippen molar-refractivity contribution in [1.82, 2.24) is 0 Å². The lowest BCUT2D eigenvalue weighted by Crippen LogP contribution is -2.27. The van der Waals surface area contributed by atoms with Gasteiger partial charge in [0.25, 0.3) is 0 Å². The summed E-state index contributed by atoms with van der Waals surface area (Å²) in [6, 6.07) is 4.88. The fraction of sp³-hybridized carbons (Fsp3) is 0.417. The third-order valence-electron chi connectivity index (χ3n) is 3.36. The maximum atomic E-state index is 12.3. The molecule has 2 rings (SSSR count). The Bertz CT molecular complexity index is 625. The maximum absolute atomic E-state index is 12.3. The van der Waals surface area contributed by atoms with Crippen LogP contribution in [0.5, 0.6) is 0 Å². The molecule has 1 aliphatic rings. The second kappa shape index (κ2) is 6.01. The molecule has 20 heavy (non-hydrogen) atoms. The zero-order chi connectivity index (χ0) is 14.8. The van der Waals surface area contributed by atoms with Gasteiger partial charge >= 0.3 is 0 Å². The van der Waals surface area contributed by atoms with Gasteiger partial charge in [0.05, 0.1) is 10.9 Å². The van der Waals surface area contributed by atoms with Gasteiger partial charge in [-0.3, -0.25) is 4.72 Å². The van der Waals surface area contributed by atoms with Crippen LogP contribution in [0.4, 0.5) is 5.69 Å². The lowest BCUT2D eigenvalue weighted by Gasteiger charge is -2.16. The van der Waals surface area contributed by atoms with E-state index < -0.39 is 10.0 Å². The summed E-state index contributed by atoms with van der Waals surface area (Å²) in [6.45, 7) is 0. The molecule has 8 heteroatoms. The highest BCUT2D eigenvalue weighted by Crippen LogP contribution is 2.28. The minimum atomic E-state index is -3.45. The molecular weight excluding hydrogens is 346 g/mol. The van der Waals surface area contributed by atoms with E-state index in [1.807, 2.05) is 0 Å². The van der Waals surface area contributed by atoms with Gasteiger partial charge in [-0.2, -0.15) is 0 Å². The molecule has 0 unspecified atom stereocenters. The summed E-state index contributed by atoms with van der Waals surface area (Å²) in [5, 5.41) is 11.3. The zero-order valence-corrected chi connectivity index (χ0v) is 13.1. The van der Waals surface area contributed by atoms with E-state index in [9.17, 15) is 8.42 Å². The lowest BCUT2D eigenvalue weighted by molar-refractivity contribution is 0.318. The molecule has 4 N–H and O–H groups in total. The molecule has 0 spiro atoms. The van der Waals surface area contributed by atoms with Gasteiger partial charge in [0, 0.05) is 10.0 Å². The normalized spacial score (nSPS) is 17.4.